The molecule has 1 aromatic carbocycles. The third-order valence-corrected chi connectivity index (χ3v) is 3.37. The van der Waals surface area contributed by atoms with Crippen LogP contribution in [0, 0.1) is 0 Å². The van der Waals surface area contributed by atoms with Crippen LogP contribution < -0.4 is 15.0 Å². The van der Waals surface area contributed by atoms with E-state index < -0.39 is 5.97 Å². The molecule has 0 aliphatic rings. The molecule has 0 spiro atoms. The molecule has 0 bridgehead atoms. The first-order valence-electron chi connectivity index (χ1n) is 7.39. The van der Waals surface area contributed by atoms with E-state index in [-0.39, 0.29) is 6.54 Å². The van der Waals surface area contributed by atoms with Crippen LogP contribution >= 0.6 is 0 Å². The summed E-state index contributed by atoms with van der Waals surface area (Å²) in [5.74, 6) is -0.132. The molecule has 0 amide bonds. The largest absolute Gasteiger partial charge is 0.492 e. The second kappa shape index (κ2) is 8.52. The first-order chi connectivity index (χ1) is 9.97. The smallest absolute Gasteiger partial charge is 0.323 e. The van der Waals surface area contributed by atoms with Crippen molar-refractivity contribution in [2.45, 2.75) is 39.8 Å². The number of likely N-dealkylation sites (N-methyl/N-ethyl adjacent to an activating group) is 1. The number of carboxylic acid groups (broad SMARTS) is 1. The van der Waals surface area contributed by atoms with Crippen LogP contribution in [0.15, 0.2) is 18.2 Å². The summed E-state index contributed by atoms with van der Waals surface area (Å²) in [5, 5.41) is 12.3. The van der Waals surface area contributed by atoms with Crippen molar-refractivity contribution in [2.24, 2.45) is 0 Å². The predicted molar refractivity (Wildman–Crippen MR) is 85.1 cm³/mol. The highest BCUT2D eigenvalue weighted by Crippen LogP contribution is 2.29. The lowest BCUT2D eigenvalue weighted by Gasteiger charge is -2.21. The number of hydrogen-bond acceptors (Lipinski definition) is 4. The molecule has 5 heteroatoms. The summed E-state index contributed by atoms with van der Waals surface area (Å²) < 4.78 is 5.65. The minimum absolute atomic E-state index is 0.0511. The molecule has 1 atom stereocenters. The second-order valence-corrected chi connectivity index (χ2v) is 5.18. The molecule has 0 radical (unpaired) electrons. The standard InChI is InChI=1S/C16H26N2O3/c1-5-12(3)17-10-13-7-8-14(15(9-13)21-6-2)18(4)11-16(19)20/h7-9,12,17H,5-6,10-11H2,1-4H3,(H,19,20). The second-order valence-electron chi connectivity index (χ2n) is 5.18. The van der Waals surface area contributed by atoms with Gasteiger partial charge in [0.05, 0.1) is 12.3 Å². The zero-order valence-electron chi connectivity index (χ0n) is 13.3. The molecule has 2 N–H and O–H groups in total. The van der Waals surface area contributed by atoms with E-state index in [0.29, 0.717) is 12.6 Å². The summed E-state index contributed by atoms with van der Waals surface area (Å²) in [6.45, 7) is 7.50. The summed E-state index contributed by atoms with van der Waals surface area (Å²) in [5.41, 5.74) is 1.93. The summed E-state index contributed by atoms with van der Waals surface area (Å²) in [6.07, 6.45) is 1.08. The van der Waals surface area contributed by atoms with E-state index in [0.717, 1.165) is 30.0 Å². The van der Waals surface area contributed by atoms with E-state index in [1.54, 1.807) is 11.9 Å². The van der Waals surface area contributed by atoms with Gasteiger partial charge >= 0.3 is 5.97 Å². The van der Waals surface area contributed by atoms with Crippen LogP contribution in [0.25, 0.3) is 0 Å². The number of nitrogens with one attached hydrogen (secondary N) is 1. The van der Waals surface area contributed by atoms with Gasteiger partial charge in [-0.2, -0.15) is 0 Å². The zero-order chi connectivity index (χ0) is 15.8. The van der Waals surface area contributed by atoms with Crippen molar-refractivity contribution in [3.8, 4) is 5.75 Å². The molecule has 0 aliphatic carbocycles. The number of aliphatic carboxylic acids is 1. The summed E-state index contributed by atoms with van der Waals surface area (Å²) >= 11 is 0. The number of carboxylic acids is 1. The molecule has 5 nitrogen and oxygen atoms in total. The Hall–Kier alpha value is -1.75. The highest BCUT2D eigenvalue weighted by molar-refractivity contribution is 5.75. The van der Waals surface area contributed by atoms with Crippen LogP contribution in [0.1, 0.15) is 32.8 Å². The van der Waals surface area contributed by atoms with Gasteiger partial charge in [-0.25, -0.2) is 0 Å². The topological polar surface area (TPSA) is 61.8 Å². The minimum Gasteiger partial charge on any atom is -0.492 e. The molecule has 0 saturated heterocycles. The van der Waals surface area contributed by atoms with E-state index in [9.17, 15) is 4.79 Å². The van der Waals surface area contributed by atoms with E-state index in [1.807, 2.05) is 25.1 Å². The van der Waals surface area contributed by atoms with Crippen molar-refractivity contribution < 1.29 is 14.6 Å². The Morgan fingerprint density at radius 2 is 2.14 bits per heavy atom. The van der Waals surface area contributed by atoms with Crippen LogP contribution in [0.4, 0.5) is 5.69 Å². The maximum Gasteiger partial charge on any atom is 0.323 e. The molecule has 0 aromatic heterocycles. The van der Waals surface area contributed by atoms with Crippen LogP contribution in [0.5, 0.6) is 5.75 Å². The number of hydrogen-bond donors (Lipinski definition) is 2. The number of nitrogens with zero attached hydrogens (tertiary/aromatic N) is 1. The van der Waals surface area contributed by atoms with Gasteiger partial charge in [0.1, 0.15) is 12.3 Å². The number of benzene rings is 1. The van der Waals surface area contributed by atoms with E-state index in [4.69, 9.17) is 9.84 Å². The van der Waals surface area contributed by atoms with E-state index in [2.05, 4.69) is 19.2 Å². The number of ether oxygens (including phenoxy) is 1. The molecule has 1 rings (SSSR count). The average Bonchev–Trinajstić information content (AvgIpc) is 2.44. The van der Waals surface area contributed by atoms with Gasteiger partial charge in [-0.3, -0.25) is 4.79 Å². The Bertz CT molecular complexity index is 463. The lowest BCUT2D eigenvalue weighted by molar-refractivity contribution is -0.135. The first kappa shape index (κ1) is 17.3. The molecule has 1 unspecified atom stereocenters. The van der Waals surface area contributed by atoms with Crippen LogP contribution in [0.2, 0.25) is 0 Å². The van der Waals surface area contributed by atoms with Gasteiger partial charge in [-0.1, -0.05) is 13.0 Å². The maximum atomic E-state index is 10.8. The highest BCUT2D eigenvalue weighted by atomic mass is 16.5. The summed E-state index contributed by atoms with van der Waals surface area (Å²) in [6, 6.07) is 6.37. The van der Waals surface area contributed by atoms with Crippen LogP contribution in [-0.2, 0) is 11.3 Å². The fraction of sp³-hybridized carbons (Fsp3) is 0.562. The molecule has 0 heterocycles. The molecule has 118 valence electrons. The van der Waals surface area contributed by atoms with Gasteiger partial charge < -0.3 is 20.1 Å². The Morgan fingerprint density at radius 3 is 2.71 bits per heavy atom. The van der Waals surface area contributed by atoms with E-state index >= 15 is 0 Å². The third kappa shape index (κ3) is 5.63. The first-order valence-corrected chi connectivity index (χ1v) is 7.39. The highest BCUT2D eigenvalue weighted by Gasteiger charge is 2.12. The maximum absolute atomic E-state index is 10.8. The van der Waals surface area contributed by atoms with Crippen molar-refractivity contribution in [1.29, 1.82) is 0 Å². The van der Waals surface area contributed by atoms with E-state index in [1.165, 1.54) is 0 Å². The van der Waals surface area contributed by atoms with Crippen molar-refractivity contribution in [3.05, 3.63) is 23.8 Å². The molecular formula is C16H26N2O3. The average molecular weight is 294 g/mol. The van der Waals surface area contributed by atoms with Gasteiger partial charge in [-0.05, 0) is 38.0 Å². The van der Waals surface area contributed by atoms with Gasteiger partial charge in [0.2, 0.25) is 0 Å². The Labute approximate surface area is 126 Å². The molecular weight excluding hydrogens is 268 g/mol. The molecule has 0 aliphatic heterocycles. The summed E-state index contributed by atoms with van der Waals surface area (Å²) in [4.78, 5) is 12.5. The van der Waals surface area contributed by atoms with Crippen molar-refractivity contribution in [1.82, 2.24) is 5.32 Å². The molecule has 1 aromatic rings. The van der Waals surface area contributed by atoms with Gasteiger partial charge in [0, 0.05) is 19.6 Å². The number of carbonyl (C=O) groups is 1. The minimum atomic E-state index is -0.859. The SMILES string of the molecule is CCOc1cc(CNC(C)CC)ccc1N(C)CC(=O)O. The summed E-state index contributed by atoms with van der Waals surface area (Å²) in [7, 11) is 1.75. The number of anilines is 1. The molecule has 21 heavy (non-hydrogen) atoms. The predicted octanol–water partition coefficient (Wildman–Crippen LogP) is 2.49. The van der Waals surface area contributed by atoms with Crippen LogP contribution in [0.3, 0.4) is 0 Å². The third-order valence-electron chi connectivity index (χ3n) is 3.37. The normalized spacial score (nSPS) is 12.0. The lowest BCUT2D eigenvalue weighted by atomic mass is 10.1. The lowest BCUT2D eigenvalue weighted by Crippen LogP contribution is -2.26. The van der Waals surface area contributed by atoms with Gasteiger partial charge in [0.25, 0.3) is 0 Å². The fourth-order valence-electron chi connectivity index (χ4n) is 1.98. The fourth-order valence-corrected chi connectivity index (χ4v) is 1.98. The monoisotopic (exact) mass is 294 g/mol. The quantitative estimate of drug-likeness (QED) is 0.732. The van der Waals surface area contributed by atoms with Crippen molar-refractivity contribution >= 4 is 11.7 Å². The molecule has 0 saturated carbocycles. The van der Waals surface area contributed by atoms with Crippen molar-refractivity contribution in [3.63, 3.8) is 0 Å². The zero-order valence-corrected chi connectivity index (χ0v) is 13.3. The molecule has 0 fully saturated rings. The Kier molecular flexibility index (Phi) is 7.02. The Balaban J connectivity index is 2.87. The van der Waals surface area contributed by atoms with Crippen LogP contribution in [-0.4, -0.2) is 37.3 Å². The number of rotatable bonds is 9. The Morgan fingerprint density at radius 1 is 1.43 bits per heavy atom. The van der Waals surface area contributed by atoms with Gasteiger partial charge in [0.15, 0.2) is 0 Å². The van der Waals surface area contributed by atoms with Gasteiger partial charge in [-0.15, -0.1) is 0 Å². The van der Waals surface area contributed by atoms with Crippen molar-refractivity contribution in [2.75, 3.05) is 25.1 Å².